The predicted octanol–water partition coefficient (Wildman–Crippen LogP) is 2.16. The minimum atomic E-state index is -0.776. The first kappa shape index (κ1) is 14.9. The normalized spacial score (nSPS) is 21.1. The van der Waals surface area contributed by atoms with E-state index in [9.17, 15) is 4.79 Å². The first-order valence-corrected chi connectivity index (χ1v) is 6.87. The van der Waals surface area contributed by atoms with E-state index in [1.165, 1.54) is 0 Å². The molecule has 2 rings (SSSR count). The number of hydrogen-bond donors (Lipinski definition) is 2. The molecule has 1 atom stereocenters. The number of rotatable bonds is 2. The first-order valence-electron chi connectivity index (χ1n) is 6.49. The van der Waals surface area contributed by atoms with Crippen LogP contribution in [0.25, 0.3) is 0 Å². The Balaban J connectivity index is 2.18. The molecule has 1 saturated heterocycles. The van der Waals surface area contributed by atoms with E-state index >= 15 is 0 Å². The minimum Gasteiger partial charge on any atom is -0.365 e. The molecule has 1 fully saturated rings. The average molecular weight is 293 g/mol. The Bertz CT molecular complexity index is 569. The van der Waals surface area contributed by atoms with Gasteiger partial charge >= 0.3 is 0 Å². The molecule has 4 nitrogen and oxygen atoms in total. The number of ether oxygens (including phenoxy) is 1. The van der Waals surface area contributed by atoms with E-state index in [0.29, 0.717) is 23.7 Å². The summed E-state index contributed by atoms with van der Waals surface area (Å²) in [5.74, 6) is 5.49. The van der Waals surface area contributed by atoms with Gasteiger partial charge in [-0.2, -0.15) is 0 Å². The summed E-state index contributed by atoms with van der Waals surface area (Å²) in [4.78, 5) is 12.3. The third kappa shape index (κ3) is 3.31. The summed E-state index contributed by atoms with van der Waals surface area (Å²) in [5, 5.41) is 3.29. The number of anilines is 1. The van der Waals surface area contributed by atoms with Crippen molar-refractivity contribution in [2.75, 3.05) is 18.5 Å². The highest BCUT2D eigenvalue weighted by molar-refractivity contribution is 6.33. The summed E-state index contributed by atoms with van der Waals surface area (Å²) in [5.41, 5.74) is 5.86. The summed E-state index contributed by atoms with van der Waals surface area (Å²) in [6, 6.07) is 5.23. The second kappa shape index (κ2) is 6.27. The van der Waals surface area contributed by atoms with Crippen LogP contribution in [0.3, 0.4) is 0 Å². The summed E-state index contributed by atoms with van der Waals surface area (Å²) in [6.07, 6.45) is 1.60. The second-order valence-corrected chi connectivity index (χ2v) is 5.24. The van der Waals surface area contributed by atoms with E-state index in [1.54, 1.807) is 25.1 Å². The van der Waals surface area contributed by atoms with Crippen LogP contribution >= 0.6 is 11.6 Å². The smallest absolute Gasteiger partial charge is 0.256 e. The van der Waals surface area contributed by atoms with Crippen LogP contribution in [-0.4, -0.2) is 24.7 Å². The molecule has 0 aromatic heterocycles. The maximum atomic E-state index is 12.3. The van der Waals surface area contributed by atoms with Crippen LogP contribution in [0.1, 0.15) is 25.3 Å². The van der Waals surface area contributed by atoms with Crippen molar-refractivity contribution in [3.05, 3.63) is 28.8 Å². The predicted molar refractivity (Wildman–Crippen MR) is 79.6 cm³/mol. The van der Waals surface area contributed by atoms with Gasteiger partial charge in [-0.15, -0.1) is 0 Å². The minimum absolute atomic E-state index is 0.180. The van der Waals surface area contributed by atoms with Gasteiger partial charge in [-0.05, 0) is 38.0 Å². The van der Waals surface area contributed by atoms with Crippen LogP contribution in [0, 0.1) is 11.8 Å². The third-order valence-electron chi connectivity index (χ3n) is 3.25. The molecular formula is C15H17ClN2O2. The molecule has 1 heterocycles. The Kier molecular flexibility index (Phi) is 4.66. The molecule has 1 unspecified atom stereocenters. The van der Waals surface area contributed by atoms with E-state index in [2.05, 4.69) is 17.2 Å². The fourth-order valence-corrected chi connectivity index (χ4v) is 2.23. The van der Waals surface area contributed by atoms with Crippen molar-refractivity contribution in [2.24, 2.45) is 5.73 Å². The van der Waals surface area contributed by atoms with Gasteiger partial charge in [0.2, 0.25) is 0 Å². The lowest BCUT2D eigenvalue weighted by molar-refractivity contribution is -0.133. The molecule has 0 radical (unpaired) electrons. The van der Waals surface area contributed by atoms with Gasteiger partial charge in [-0.25, -0.2) is 0 Å². The Hall–Kier alpha value is -1.54. The van der Waals surface area contributed by atoms with E-state index < -0.39 is 5.60 Å². The van der Waals surface area contributed by atoms with E-state index in [0.717, 1.165) is 12.0 Å². The molecule has 0 spiro atoms. The van der Waals surface area contributed by atoms with E-state index in [1.807, 2.05) is 0 Å². The highest BCUT2D eigenvalue weighted by Gasteiger charge is 2.37. The Morgan fingerprint density at radius 1 is 1.60 bits per heavy atom. The molecule has 3 N–H and O–H groups in total. The number of carbonyl (C=O) groups excluding carboxylic acids is 1. The molecule has 1 aliphatic rings. The summed E-state index contributed by atoms with van der Waals surface area (Å²) in [7, 11) is 0. The van der Waals surface area contributed by atoms with Gasteiger partial charge in [0, 0.05) is 12.2 Å². The fraction of sp³-hybridized carbons (Fsp3) is 0.400. The topological polar surface area (TPSA) is 64.4 Å². The summed E-state index contributed by atoms with van der Waals surface area (Å²) < 4.78 is 5.51. The molecule has 0 aliphatic carbocycles. The highest BCUT2D eigenvalue weighted by atomic mass is 35.5. The molecule has 1 aromatic carbocycles. The largest absolute Gasteiger partial charge is 0.365 e. The number of nitrogens with one attached hydrogen (secondary N) is 1. The van der Waals surface area contributed by atoms with Gasteiger partial charge in [0.05, 0.1) is 17.3 Å². The Labute approximate surface area is 123 Å². The number of hydrogen-bond acceptors (Lipinski definition) is 3. The molecule has 0 saturated carbocycles. The van der Waals surface area contributed by atoms with Gasteiger partial charge in [0.25, 0.3) is 5.91 Å². The maximum Gasteiger partial charge on any atom is 0.256 e. The molecule has 1 amide bonds. The molecular weight excluding hydrogens is 276 g/mol. The second-order valence-electron chi connectivity index (χ2n) is 4.84. The number of halogens is 1. The van der Waals surface area contributed by atoms with Gasteiger partial charge in [0.15, 0.2) is 0 Å². The summed E-state index contributed by atoms with van der Waals surface area (Å²) >= 11 is 6.10. The van der Waals surface area contributed by atoms with Gasteiger partial charge < -0.3 is 15.8 Å². The number of benzene rings is 1. The Morgan fingerprint density at radius 3 is 3.05 bits per heavy atom. The molecule has 0 bridgehead atoms. The zero-order valence-corrected chi connectivity index (χ0v) is 12.1. The summed E-state index contributed by atoms with van der Waals surface area (Å²) in [6.45, 7) is 2.69. The van der Waals surface area contributed by atoms with Crippen molar-refractivity contribution < 1.29 is 9.53 Å². The zero-order chi connectivity index (χ0) is 14.6. The van der Waals surface area contributed by atoms with Crippen molar-refractivity contribution in [1.82, 2.24) is 0 Å². The lowest BCUT2D eigenvalue weighted by Gasteiger charge is -2.22. The molecule has 1 aliphatic heterocycles. The SMILES string of the molecule is CC1(C(=O)Nc2cc(C#CCN)ccc2Cl)CCCO1. The number of amides is 1. The van der Waals surface area contributed by atoms with E-state index in [-0.39, 0.29) is 12.5 Å². The Morgan fingerprint density at radius 2 is 2.40 bits per heavy atom. The lowest BCUT2D eigenvalue weighted by Crippen LogP contribution is -2.39. The first-order chi connectivity index (χ1) is 9.55. The lowest BCUT2D eigenvalue weighted by atomic mass is 10.0. The molecule has 106 valence electrons. The monoisotopic (exact) mass is 292 g/mol. The van der Waals surface area contributed by atoms with Crippen LogP contribution in [0.15, 0.2) is 18.2 Å². The maximum absolute atomic E-state index is 12.3. The van der Waals surface area contributed by atoms with E-state index in [4.69, 9.17) is 22.1 Å². The van der Waals surface area contributed by atoms with Crippen LogP contribution < -0.4 is 11.1 Å². The van der Waals surface area contributed by atoms with Crippen LogP contribution in [0.2, 0.25) is 5.02 Å². The van der Waals surface area contributed by atoms with Crippen molar-refractivity contribution in [1.29, 1.82) is 0 Å². The van der Waals surface area contributed by atoms with Gasteiger partial charge in [-0.1, -0.05) is 23.4 Å². The standard InChI is InChI=1S/C15H17ClN2O2/c1-15(7-3-9-20-15)14(19)18-13-10-11(4-2-8-17)5-6-12(13)16/h5-6,10H,3,7-9,17H2,1H3,(H,18,19). The van der Waals surface area contributed by atoms with Crippen molar-refractivity contribution in [2.45, 2.75) is 25.4 Å². The van der Waals surface area contributed by atoms with Crippen molar-refractivity contribution >= 4 is 23.2 Å². The number of carbonyl (C=O) groups is 1. The van der Waals surface area contributed by atoms with Crippen molar-refractivity contribution in [3.8, 4) is 11.8 Å². The van der Waals surface area contributed by atoms with Crippen LogP contribution in [-0.2, 0) is 9.53 Å². The van der Waals surface area contributed by atoms with Gasteiger partial charge in [-0.3, -0.25) is 4.79 Å². The van der Waals surface area contributed by atoms with Crippen molar-refractivity contribution in [3.63, 3.8) is 0 Å². The fourth-order valence-electron chi connectivity index (χ4n) is 2.06. The highest BCUT2D eigenvalue weighted by Crippen LogP contribution is 2.29. The third-order valence-corrected chi connectivity index (χ3v) is 3.58. The molecule has 5 heteroatoms. The van der Waals surface area contributed by atoms with Crippen LogP contribution in [0.5, 0.6) is 0 Å². The average Bonchev–Trinajstić information content (AvgIpc) is 2.88. The number of nitrogens with two attached hydrogens (primary N) is 1. The van der Waals surface area contributed by atoms with Gasteiger partial charge in [0.1, 0.15) is 5.60 Å². The van der Waals surface area contributed by atoms with Crippen LogP contribution in [0.4, 0.5) is 5.69 Å². The quantitative estimate of drug-likeness (QED) is 0.821. The molecule has 20 heavy (non-hydrogen) atoms. The molecule has 1 aromatic rings. The zero-order valence-electron chi connectivity index (χ0n) is 11.3.